The number of nitrogens with zero attached hydrogens (tertiary/aromatic N) is 1. The van der Waals surface area contributed by atoms with Crippen molar-refractivity contribution < 1.29 is 19.4 Å². The van der Waals surface area contributed by atoms with Crippen LogP contribution in [0.2, 0.25) is 0 Å². The van der Waals surface area contributed by atoms with Crippen LogP contribution in [0.1, 0.15) is 46.0 Å². The molecule has 2 N–H and O–H groups in total. The van der Waals surface area contributed by atoms with Gasteiger partial charge in [0.2, 0.25) is 0 Å². The van der Waals surface area contributed by atoms with Crippen LogP contribution in [0.5, 0.6) is 0 Å². The first-order valence-corrected chi connectivity index (χ1v) is 7.24. The number of carbonyl (C=O) groups excluding carboxylic acids is 1. The monoisotopic (exact) mass is 288 g/mol. The lowest BCUT2D eigenvalue weighted by Gasteiger charge is -2.26. The molecule has 0 aliphatic heterocycles. The van der Waals surface area contributed by atoms with Gasteiger partial charge >= 0.3 is 12.0 Å². The minimum absolute atomic E-state index is 0.0669. The van der Waals surface area contributed by atoms with E-state index in [1.54, 1.807) is 12.0 Å². The number of unbranched alkanes of at least 4 members (excludes halogenated alkanes) is 2. The van der Waals surface area contributed by atoms with Crippen molar-refractivity contribution in [1.82, 2.24) is 10.2 Å². The van der Waals surface area contributed by atoms with Crippen molar-refractivity contribution in [3.8, 4) is 0 Å². The molecule has 0 aromatic carbocycles. The van der Waals surface area contributed by atoms with Gasteiger partial charge in [-0.05, 0) is 39.5 Å². The molecule has 0 aliphatic rings. The first kappa shape index (κ1) is 18.7. The topological polar surface area (TPSA) is 78.9 Å². The van der Waals surface area contributed by atoms with Crippen LogP contribution in [0, 0.1) is 0 Å². The predicted octanol–water partition coefficient (Wildman–Crippen LogP) is 2.09. The summed E-state index contributed by atoms with van der Waals surface area (Å²) in [6, 6.07) is -0.0468. The standard InChI is InChI=1S/C14H28N2O4/c1-12(2)16(10-7-8-13(17)18)14(19)15-9-5-4-6-11-20-3/h12H,4-11H2,1-3H3,(H,15,19)(H,17,18). The Labute approximate surface area is 121 Å². The quantitative estimate of drug-likeness (QED) is 0.571. The molecule has 0 aromatic rings. The van der Waals surface area contributed by atoms with Crippen LogP contribution in [-0.2, 0) is 9.53 Å². The second-order valence-electron chi connectivity index (χ2n) is 5.07. The Hall–Kier alpha value is -1.30. The average molecular weight is 288 g/mol. The van der Waals surface area contributed by atoms with Gasteiger partial charge in [0.25, 0.3) is 0 Å². The van der Waals surface area contributed by atoms with Crippen molar-refractivity contribution in [2.75, 3.05) is 26.8 Å². The molecule has 0 spiro atoms. The highest BCUT2D eigenvalue weighted by Gasteiger charge is 2.16. The molecular formula is C14H28N2O4. The number of carbonyl (C=O) groups is 2. The van der Waals surface area contributed by atoms with E-state index >= 15 is 0 Å². The smallest absolute Gasteiger partial charge is 0.317 e. The van der Waals surface area contributed by atoms with Crippen molar-refractivity contribution in [2.45, 2.75) is 52.0 Å². The summed E-state index contributed by atoms with van der Waals surface area (Å²) in [5, 5.41) is 11.5. The van der Waals surface area contributed by atoms with Crippen LogP contribution in [0.3, 0.4) is 0 Å². The maximum absolute atomic E-state index is 12.0. The summed E-state index contributed by atoms with van der Waals surface area (Å²) >= 11 is 0. The minimum Gasteiger partial charge on any atom is -0.481 e. The second-order valence-corrected chi connectivity index (χ2v) is 5.07. The van der Waals surface area contributed by atoms with Crippen LogP contribution in [-0.4, -0.2) is 54.9 Å². The van der Waals surface area contributed by atoms with E-state index < -0.39 is 5.97 Å². The second kappa shape index (κ2) is 11.5. The van der Waals surface area contributed by atoms with Gasteiger partial charge in [0.05, 0.1) is 0 Å². The van der Waals surface area contributed by atoms with Gasteiger partial charge in [-0.15, -0.1) is 0 Å². The van der Waals surface area contributed by atoms with E-state index in [0.717, 1.165) is 25.9 Å². The van der Waals surface area contributed by atoms with Gasteiger partial charge < -0.3 is 20.1 Å². The third-order valence-electron chi connectivity index (χ3n) is 2.98. The van der Waals surface area contributed by atoms with E-state index in [-0.39, 0.29) is 18.5 Å². The number of hydrogen-bond acceptors (Lipinski definition) is 3. The molecule has 0 atom stereocenters. The van der Waals surface area contributed by atoms with Crippen molar-refractivity contribution in [3.63, 3.8) is 0 Å². The summed E-state index contributed by atoms with van der Waals surface area (Å²) in [5.41, 5.74) is 0. The number of carboxylic acid groups (broad SMARTS) is 1. The first-order chi connectivity index (χ1) is 9.49. The number of urea groups is 1. The van der Waals surface area contributed by atoms with Crippen molar-refractivity contribution >= 4 is 12.0 Å². The fourth-order valence-electron chi connectivity index (χ4n) is 1.84. The molecule has 118 valence electrons. The Bertz CT molecular complexity index is 282. The van der Waals surface area contributed by atoms with E-state index in [2.05, 4.69) is 5.32 Å². The largest absolute Gasteiger partial charge is 0.481 e. The summed E-state index contributed by atoms with van der Waals surface area (Å²) in [4.78, 5) is 24.2. The third kappa shape index (κ3) is 9.61. The zero-order valence-corrected chi connectivity index (χ0v) is 12.9. The zero-order chi connectivity index (χ0) is 15.4. The number of carboxylic acids is 1. The highest BCUT2D eigenvalue weighted by atomic mass is 16.5. The molecule has 6 heteroatoms. The lowest BCUT2D eigenvalue weighted by Crippen LogP contribution is -2.44. The third-order valence-corrected chi connectivity index (χ3v) is 2.98. The molecular weight excluding hydrogens is 260 g/mol. The first-order valence-electron chi connectivity index (χ1n) is 7.24. The van der Waals surface area contributed by atoms with Gasteiger partial charge in [0, 0.05) is 39.3 Å². The van der Waals surface area contributed by atoms with Gasteiger partial charge in [-0.3, -0.25) is 4.79 Å². The predicted molar refractivity (Wildman–Crippen MR) is 77.8 cm³/mol. The zero-order valence-electron chi connectivity index (χ0n) is 12.9. The molecule has 0 rings (SSSR count). The Morgan fingerprint density at radius 1 is 1.20 bits per heavy atom. The number of nitrogens with one attached hydrogen (secondary N) is 1. The fraction of sp³-hybridized carbons (Fsp3) is 0.857. The van der Waals surface area contributed by atoms with Gasteiger partial charge in [-0.2, -0.15) is 0 Å². The highest BCUT2D eigenvalue weighted by Crippen LogP contribution is 2.03. The number of ether oxygens (including phenoxy) is 1. The Morgan fingerprint density at radius 2 is 1.90 bits per heavy atom. The average Bonchev–Trinajstić information content (AvgIpc) is 2.37. The Morgan fingerprint density at radius 3 is 2.45 bits per heavy atom. The molecule has 20 heavy (non-hydrogen) atoms. The van der Waals surface area contributed by atoms with E-state index in [9.17, 15) is 9.59 Å². The fourth-order valence-corrected chi connectivity index (χ4v) is 1.84. The lowest BCUT2D eigenvalue weighted by atomic mass is 10.2. The molecule has 0 unspecified atom stereocenters. The number of aliphatic carboxylic acids is 1. The summed E-state index contributed by atoms with van der Waals surface area (Å²) in [6.45, 7) is 5.73. The van der Waals surface area contributed by atoms with Crippen LogP contribution >= 0.6 is 0 Å². The summed E-state index contributed by atoms with van der Waals surface area (Å²) in [5.74, 6) is -0.827. The van der Waals surface area contributed by atoms with Crippen molar-refractivity contribution in [2.24, 2.45) is 0 Å². The van der Waals surface area contributed by atoms with Gasteiger partial charge in [0.1, 0.15) is 0 Å². The molecule has 0 aromatic heterocycles. The highest BCUT2D eigenvalue weighted by molar-refractivity contribution is 5.74. The van der Waals surface area contributed by atoms with Crippen LogP contribution < -0.4 is 5.32 Å². The molecule has 6 nitrogen and oxygen atoms in total. The van der Waals surface area contributed by atoms with E-state index in [0.29, 0.717) is 19.5 Å². The maximum atomic E-state index is 12.0. The number of hydrogen-bond donors (Lipinski definition) is 2. The minimum atomic E-state index is -0.827. The summed E-state index contributed by atoms with van der Waals surface area (Å²) < 4.78 is 4.96. The number of amides is 2. The van der Waals surface area contributed by atoms with Crippen molar-refractivity contribution in [1.29, 1.82) is 0 Å². The maximum Gasteiger partial charge on any atom is 0.317 e. The molecule has 0 radical (unpaired) electrons. The number of methoxy groups -OCH3 is 1. The SMILES string of the molecule is COCCCCCNC(=O)N(CCCC(=O)O)C(C)C. The number of rotatable bonds is 11. The molecule has 0 heterocycles. The van der Waals surface area contributed by atoms with Crippen LogP contribution in [0.15, 0.2) is 0 Å². The summed E-state index contributed by atoms with van der Waals surface area (Å²) in [6.07, 6.45) is 3.52. The molecule has 0 aliphatic carbocycles. The van der Waals surface area contributed by atoms with Gasteiger partial charge in [-0.25, -0.2) is 4.79 Å². The van der Waals surface area contributed by atoms with Crippen LogP contribution in [0.4, 0.5) is 4.79 Å². The Kier molecular flexibility index (Phi) is 10.8. The van der Waals surface area contributed by atoms with E-state index in [1.807, 2.05) is 13.8 Å². The van der Waals surface area contributed by atoms with Gasteiger partial charge in [-0.1, -0.05) is 0 Å². The van der Waals surface area contributed by atoms with Crippen molar-refractivity contribution in [3.05, 3.63) is 0 Å². The molecule has 0 fully saturated rings. The van der Waals surface area contributed by atoms with E-state index in [4.69, 9.17) is 9.84 Å². The summed E-state index contributed by atoms with van der Waals surface area (Å²) in [7, 11) is 1.68. The molecule has 0 bridgehead atoms. The van der Waals surface area contributed by atoms with E-state index in [1.165, 1.54) is 0 Å². The normalized spacial score (nSPS) is 10.6. The van der Waals surface area contributed by atoms with Crippen LogP contribution in [0.25, 0.3) is 0 Å². The Balaban J connectivity index is 3.88. The molecule has 2 amide bonds. The van der Waals surface area contributed by atoms with Gasteiger partial charge in [0.15, 0.2) is 0 Å². The molecule has 0 saturated heterocycles. The molecule has 0 saturated carbocycles. The lowest BCUT2D eigenvalue weighted by molar-refractivity contribution is -0.137.